The molecule has 0 saturated carbocycles. The van der Waals surface area contributed by atoms with E-state index in [2.05, 4.69) is 23.5 Å². The minimum absolute atomic E-state index is 0.323. The molecular weight excluding hydrogens is 250 g/mol. The lowest BCUT2D eigenvalue weighted by molar-refractivity contribution is 0.185. The predicted molar refractivity (Wildman–Crippen MR) is 79.9 cm³/mol. The van der Waals surface area contributed by atoms with E-state index in [4.69, 9.17) is 4.74 Å². The van der Waals surface area contributed by atoms with Gasteiger partial charge in [0, 0.05) is 12.8 Å². The number of phenolic OH excluding ortho intramolecular Hbond substituents is 1. The zero-order chi connectivity index (χ0) is 13.9. The summed E-state index contributed by atoms with van der Waals surface area (Å²) in [5, 5.41) is 13.1. The highest BCUT2D eigenvalue weighted by atomic mass is 16.5. The van der Waals surface area contributed by atoms with Crippen LogP contribution in [-0.4, -0.2) is 12.2 Å². The molecule has 3 rings (SSSR count). The first-order chi connectivity index (χ1) is 9.76. The van der Waals surface area contributed by atoms with E-state index in [0.29, 0.717) is 18.4 Å². The number of nitrogens with one attached hydrogen (secondary N) is 1. The van der Waals surface area contributed by atoms with Crippen molar-refractivity contribution >= 4 is 5.69 Å². The molecular formula is C17H19NO2. The number of methoxy groups -OCH3 is 1. The molecule has 2 aromatic rings. The number of anilines is 1. The van der Waals surface area contributed by atoms with Crippen LogP contribution in [0.25, 0.3) is 0 Å². The van der Waals surface area contributed by atoms with Gasteiger partial charge in [0.05, 0.1) is 12.6 Å². The first kappa shape index (κ1) is 13.0. The van der Waals surface area contributed by atoms with Crippen LogP contribution in [0.4, 0.5) is 5.69 Å². The maximum Gasteiger partial charge on any atom is 0.115 e. The van der Waals surface area contributed by atoms with E-state index in [1.807, 2.05) is 18.2 Å². The third-order valence-corrected chi connectivity index (χ3v) is 3.78. The van der Waals surface area contributed by atoms with E-state index in [1.54, 1.807) is 13.2 Å². The van der Waals surface area contributed by atoms with E-state index >= 15 is 0 Å². The fraction of sp³-hybridized carbons (Fsp3) is 0.294. The van der Waals surface area contributed by atoms with E-state index < -0.39 is 0 Å². The summed E-state index contributed by atoms with van der Waals surface area (Å²) < 4.78 is 5.17. The standard InChI is InChI=1S/C17H19NO2/c1-20-11-12-3-2-4-14(9-12)18-17-8-5-13-10-15(19)6-7-16(13)17/h2-4,6-7,9-10,17-19H,5,8,11H2,1H3. The molecule has 0 spiro atoms. The quantitative estimate of drug-likeness (QED) is 0.890. The number of hydrogen-bond donors (Lipinski definition) is 2. The van der Waals surface area contributed by atoms with Crippen LogP contribution in [0.1, 0.15) is 29.2 Å². The summed E-state index contributed by atoms with van der Waals surface area (Å²) in [6.45, 7) is 0.630. The van der Waals surface area contributed by atoms with Gasteiger partial charge in [-0.15, -0.1) is 0 Å². The molecule has 2 aromatic carbocycles. The fourth-order valence-electron chi connectivity index (χ4n) is 2.87. The summed E-state index contributed by atoms with van der Waals surface area (Å²) in [5.41, 5.74) is 4.82. The van der Waals surface area contributed by atoms with Crippen molar-refractivity contribution in [2.75, 3.05) is 12.4 Å². The molecule has 1 atom stereocenters. The zero-order valence-electron chi connectivity index (χ0n) is 11.6. The van der Waals surface area contributed by atoms with Gasteiger partial charge in [-0.2, -0.15) is 0 Å². The normalized spacial score (nSPS) is 16.9. The third-order valence-electron chi connectivity index (χ3n) is 3.78. The Morgan fingerprint density at radius 1 is 1.25 bits per heavy atom. The summed E-state index contributed by atoms with van der Waals surface area (Å²) in [6, 6.07) is 14.3. The first-order valence-electron chi connectivity index (χ1n) is 6.92. The van der Waals surface area contributed by atoms with E-state index in [-0.39, 0.29) is 0 Å². The van der Waals surface area contributed by atoms with Gasteiger partial charge in [-0.3, -0.25) is 0 Å². The maximum absolute atomic E-state index is 9.53. The molecule has 0 radical (unpaired) electrons. The number of phenols is 1. The van der Waals surface area contributed by atoms with Crippen LogP contribution in [0.2, 0.25) is 0 Å². The van der Waals surface area contributed by atoms with Gasteiger partial charge in [-0.25, -0.2) is 0 Å². The molecule has 0 aliphatic heterocycles. The van der Waals surface area contributed by atoms with Gasteiger partial charge in [0.2, 0.25) is 0 Å². The molecule has 2 N–H and O–H groups in total. The second-order valence-corrected chi connectivity index (χ2v) is 5.25. The number of benzene rings is 2. The Hall–Kier alpha value is -2.00. The molecule has 0 saturated heterocycles. The highest BCUT2D eigenvalue weighted by molar-refractivity contribution is 5.50. The van der Waals surface area contributed by atoms with Gasteiger partial charge in [-0.05, 0) is 53.8 Å². The molecule has 1 aliphatic carbocycles. The number of hydrogen-bond acceptors (Lipinski definition) is 3. The largest absolute Gasteiger partial charge is 0.508 e. The Labute approximate surface area is 119 Å². The Bertz CT molecular complexity index is 610. The average molecular weight is 269 g/mol. The van der Waals surface area contributed by atoms with E-state index in [0.717, 1.165) is 18.5 Å². The predicted octanol–water partition coefficient (Wildman–Crippen LogP) is 3.64. The Morgan fingerprint density at radius 3 is 3.00 bits per heavy atom. The number of aromatic hydroxyl groups is 1. The van der Waals surface area contributed by atoms with Crippen LogP contribution in [0.15, 0.2) is 42.5 Å². The lowest BCUT2D eigenvalue weighted by Gasteiger charge is -2.16. The van der Waals surface area contributed by atoms with Crippen molar-refractivity contribution in [3.63, 3.8) is 0 Å². The van der Waals surface area contributed by atoms with Crippen LogP contribution in [0.3, 0.4) is 0 Å². The number of aryl methyl sites for hydroxylation is 1. The topological polar surface area (TPSA) is 41.5 Å². The second-order valence-electron chi connectivity index (χ2n) is 5.25. The molecule has 1 unspecified atom stereocenters. The van der Waals surface area contributed by atoms with Crippen LogP contribution < -0.4 is 5.32 Å². The summed E-state index contributed by atoms with van der Waals surface area (Å²) in [4.78, 5) is 0. The Morgan fingerprint density at radius 2 is 2.15 bits per heavy atom. The lowest BCUT2D eigenvalue weighted by Crippen LogP contribution is -2.07. The van der Waals surface area contributed by atoms with Crippen molar-refractivity contribution in [2.45, 2.75) is 25.5 Å². The molecule has 3 nitrogen and oxygen atoms in total. The number of ether oxygens (including phenoxy) is 1. The van der Waals surface area contributed by atoms with Crippen LogP contribution in [-0.2, 0) is 17.8 Å². The molecule has 1 aliphatic rings. The number of fused-ring (bicyclic) bond motifs is 1. The second kappa shape index (κ2) is 5.55. The van der Waals surface area contributed by atoms with Crippen molar-refractivity contribution < 1.29 is 9.84 Å². The fourth-order valence-corrected chi connectivity index (χ4v) is 2.87. The average Bonchev–Trinajstić information content (AvgIpc) is 2.82. The van der Waals surface area contributed by atoms with Crippen LogP contribution >= 0.6 is 0 Å². The maximum atomic E-state index is 9.53. The first-order valence-corrected chi connectivity index (χ1v) is 6.92. The van der Waals surface area contributed by atoms with E-state index in [1.165, 1.54) is 16.7 Å². The molecule has 0 aromatic heterocycles. The van der Waals surface area contributed by atoms with Crippen molar-refractivity contribution in [1.82, 2.24) is 0 Å². The Balaban J connectivity index is 1.78. The number of rotatable bonds is 4. The molecule has 0 fully saturated rings. The van der Waals surface area contributed by atoms with Crippen molar-refractivity contribution in [3.8, 4) is 5.75 Å². The van der Waals surface area contributed by atoms with Crippen LogP contribution in [0.5, 0.6) is 5.75 Å². The van der Waals surface area contributed by atoms with Gasteiger partial charge >= 0.3 is 0 Å². The smallest absolute Gasteiger partial charge is 0.115 e. The molecule has 20 heavy (non-hydrogen) atoms. The third kappa shape index (κ3) is 2.63. The van der Waals surface area contributed by atoms with E-state index in [9.17, 15) is 5.11 Å². The summed E-state index contributed by atoms with van der Waals surface area (Å²) in [5.74, 6) is 0.353. The van der Waals surface area contributed by atoms with Gasteiger partial charge in [0.1, 0.15) is 5.75 Å². The molecule has 0 bridgehead atoms. The summed E-state index contributed by atoms with van der Waals surface area (Å²) in [6.07, 6.45) is 2.08. The van der Waals surface area contributed by atoms with Gasteiger partial charge in [0.15, 0.2) is 0 Å². The zero-order valence-corrected chi connectivity index (χ0v) is 11.6. The molecule has 3 heteroatoms. The van der Waals surface area contributed by atoms with Crippen LogP contribution in [0, 0.1) is 0 Å². The highest BCUT2D eigenvalue weighted by Gasteiger charge is 2.22. The molecule has 0 amide bonds. The highest BCUT2D eigenvalue weighted by Crippen LogP contribution is 2.35. The molecule has 0 heterocycles. The van der Waals surface area contributed by atoms with Crippen molar-refractivity contribution in [3.05, 3.63) is 59.2 Å². The monoisotopic (exact) mass is 269 g/mol. The molecule has 104 valence electrons. The van der Waals surface area contributed by atoms with Crippen molar-refractivity contribution in [2.24, 2.45) is 0 Å². The van der Waals surface area contributed by atoms with Gasteiger partial charge in [-0.1, -0.05) is 18.2 Å². The minimum Gasteiger partial charge on any atom is -0.508 e. The Kier molecular flexibility index (Phi) is 3.61. The summed E-state index contributed by atoms with van der Waals surface area (Å²) in [7, 11) is 1.71. The summed E-state index contributed by atoms with van der Waals surface area (Å²) >= 11 is 0. The minimum atomic E-state index is 0.323. The van der Waals surface area contributed by atoms with Gasteiger partial charge in [0.25, 0.3) is 0 Å². The van der Waals surface area contributed by atoms with Crippen molar-refractivity contribution in [1.29, 1.82) is 0 Å². The van der Waals surface area contributed by atoms with Gasteiger partial charge < -0.3 is 15.2 Å². The lowest BCUT2D eigenvalue weighted by atomic mass is 10.1. The SMILES string of the molecule is COCc1cccc(NC2CCc3cc(O)ccc32)c1.